The van der Waals surface area contributed by atoms with Crippen LogP contribution in [0.1, 0.15) is 22.8 Å². The minimum absolute atomic E-state index is 0.0121. The summed E-state index contributed by atoms with van der Waals surface area (Å²) in [5.74, 6) is 0.0527. The Morgan fingerprint density at radius 3 is 2.39 bits per heavy atom. The van der Waals surface area contributed by atoms with Crippen molar-refractivity contribution in [1.82, 2.24) is 9.97 Å². The molecule has 0 aliphatic carbocycles. The van der Waals surface area contributed by atoms with Gasteiger partial charge in [-0.15, -0.1) is 0 Å². The van der Waals surface area contributed by atoms with Gasteiger partial charge >= 0.3 is 0 Å². The van der Waals surface area contributed by atoms with E-state index in [0.29, 0.717) is 11.3 Å². The number of rotatable bonds is 4. The molecule has 6 heteroatoms. The summed E-state index contributed by atoms with van der Waals surface area (Å²) in [5, 5.41) is 20.0. The Kier molecular flexibility index (Phi) is 4.67. The number of aliphatic hydroxyl groups excluding tert-OH is 1. The summed E-state index contributed by atoms with van der Waals surface area (Å²) in [6.07, 6.45) is 2.88. The molecular weight excluding hydrogens is 357 g/mol. The monoisotopic (exact) mass is 371 g/mol. The first kappa shape index (κ1) is 17.6. The van der Waals surface area contributed by atoms with Gasteiger partial charge in [-0.1, -0.05) is 36.4 Å². The van der Waals surface area contributed by atoms with Crippen LogP contribution in [-0.4, -0.2) is 15.1 Å². The van der Waals surface area contributed by atoms with Crippen LogP contribution < -0.4 is 0 Å². The van der Waals surface area contributed by atoms with Crippen LogP contribution in [0.5, 0.6) is 0 Å². The van der Waals surface area contributed by atoms with E-state index < -0.39 is 11.9 Å². The van der Waals surface area contributed by atoms with Crippen molar-refractivity contribution in [3.63, 3.8) is 0 Å². The van der Waals surface area contributed by atoms with Gasteiger partial charge in [-0.25, -0.2) is 14.4 Å². The van der Waals surface area contributed by atoms with Crippen LogP contribution in [0.2, 0.25) is 0 Å². The Bertz CT molecular complexity index is 1150. The zero-order valence-electron chi connectivity index (χ0n) is 14.6. The zero-order valence-corrected chi connectivity index (χ0v) is 14.6. The van der Waals surface area contributed by atoms with Crippen molar-refractivity contribution >= 4 is 0 Å². The van der Waals surface area contributed by atoms with Gasteiger partial charge in [-0.05, 0) is 18.2 Å². The Morgan fingerprint density at radius 2 is 1.68 bits per heavy atom. The summed E-state index contributed by atoms with van der Waals surface area (Å²) in [6, 6.07) is 17.6. The number of halogens is 1. The molecule has 0 amide bonds. The van der Waals surface area contributed by atoms with Crippen molar-refractivity contribution in [2.75, 3.05) is 0 Å². The summed E-state index contributed by atoms with van der Waals surface area (Å²) in [7, 11) is 0. The van der Waals surface area contributed by atoms with E-state index in [1.54, 1.807) is 12.1 Å². The zero-order chi connectivity index (χ0) is 19.5. The Morgan fingerprint density at radius 1 is 0.964 bits per heavy atom. The lowest BCUT2D eigenvalue weighted by atomic mass is 9.96. The SMILES string of the molecule is N#Cc1ccc(C(O)c2cncnc2)c(F)c1-c1ccc(-c2ccccc2)o1. The van der Waals surface area contributed by atoms with Gasteiger partial charge in [-0.3, -0.25) is 0 Å². The average molecular weight is 371 g/mol. The van der Waals surface area contributed by atoms with Gasteiger partial charge in [0, 0.05) is 29.1 Å². The molecule has 0 saturated heterocycles. The first-order valence-corrected chi connectivity index (χ1v) is 8.50. The Hall–Kier alpha value is -3.82. The molecule has 136 valence electrons. The summed E-state index contributed by atoms with van der Waals surface area (Å²) >= 11 is 0. The number of hydrogen-bond donors (Lipinski definition) is 1. The number of hydrogen-bond acceptors (Lipinski definition) is 5. The minimum atomic E-state index is -1.27. The molecule has 0 aliphatic heterocycles. The predicted molar refractivity (Wildman–Crippen MR) is 100 cm³/mol. The number of benzene rings is 2. The van der Waals surface area contributed by atoms with Gasteiger partial charge in [0.1, 0.15) is 29.8 Å². The smallest absolute Gasteiger partial charge is 0.141 e. The lowest BCUT2D eigenvalue weighted by molar-refractivity contribution is 0.214. The summed E-state index contributed by atoms with van der Waals surface area (Å²) in [5.41, 5.74) is 1.33. The van der Waals surface area contributed by atoms with E-state index in [2.05, 4.69) is 9.97 Å². The number of furan rings is 1. The second-order valence-electron chi connectivity index (χ2n) is 6.11. The fourth-order valence-electron chi connectivity index (χ4n) is 3.00. The van der Waals surface area contributed by atoms with Crippen LogP contribution in [0, 0.1) is 17.1 Å². The maximum absolute atomic E-state index is 15.3. The van der Waals surface area contributed by atoms with Gasteiger partial charge in [0.05, 0.1) is 17.2 Å². The molecule has 1 atom stereocenters. The fraction of sp³-hybridized carbons (Fsp3) is 0.0455. The average Bonchev–Trinajstić information content (AvgIpc) is 3.24. The third-order valence-corrected chi connectivity index (χ3v) is 4.39. The molecule has 0 aliphatic rings. The van der Waals surface area contributed by atoms with Crippen LogP contribution in [0.25, 0.3) is 22.6 Å². The molecule has 2 aromatic heterocycles. The molecular formula is C22H14FN3O2. The molecule has 4 aromatic rings. The lowest BCUT2D eigenvalue weighted by Gasteiger charge is -2.14. The maximum atomic E-state index is 15.3. The van der Waals surface area contributed by atoms with E-state index in [4.69, 9.17) is 4.42 Å². The Balaban J connectivity index is 1.81. The van der Waals surface area contributed by atoms with Crippen molar-refractivity contribution in [2.45, 2.75) is 6.10 Å². The highest BCUT2D eigenvalue weighted by Crippen LogP contribution is 2.36. The molecule has 0 spiro atoms. The third kappa shape index (κ3) is 3.15. The minimum Gasteiger partial charge on any atom is -0.456 e. The second-order valence-corrected chi connectivity index (χ2v) is 6.11. The molecule has 28 heavy (non-hydrogen) atoms. The number of aromatic nitrogens is 2. The molecule has 0 fully saturated rings. The maximum Gasteiger partial charge on any atom is 0.141 e. The van der Waals surface area contributed by atoms with E-state index in [1.807, 2.05) is 36.4 Å². The first-order chi connectivity index (χ1) is 13.7. The molecule has 5 nitrogen and oxygen atoms in total. The van der Waals surface area contributed by atoms with E-state index in [0.717, 1.165) is 5.56 Å². The van der Waals surface area contributed by atoms with Crippen LogP contribution >= 0.6 is 0 Å². The van der Waals surface area contributed by atoms with Crippen molar-refractivity contribution < 1.29 is 13.9 Å². The molecule has 4 rings (SSSR count). The molecule has 2 aromatic carbocycles. The first-order valence-electron chi connectivity index (χ1n) is 8.50. The molecule has 0 saturated carbocycles. The van der Waals surface area contributed by atoms with Crippen molar-refractivity contribution in [1.29, 1.82) is 5.26 Å². The van der Waals surface area contributed by atoms with E-state index in [-0.39, 0.29) is 22.5 Å². The second kappa shape index (κ2) is 7.43. The summed E-state index contributed by atoms with van der Waals surface area (Å²) < 4.78 is 21.2. The highest BCUT2D eigenvalue weighted by atomic mass is 19.1. The van der Waals surface area contributed by atoms with Gasteiger partial charge in [0.25, 0.3) is 0 Å². The highest BCUT2D eigenvalue weighted by Gasteiger charge is 2.23. The quantitative estimate of drug-likeness (QED) is 0.571. The fourth-order valence-corrected chi connectivity index (χ4v) is 3.00. The van der Waals surface area contributed by atoms with Crippen molar-refractivity contribution in [3.05, 3.63) is 95.8 Å². The van der Waals surface area contributed by atoms with Gasteiger partial charge in [-0.2, -0.15) is 5.26 Å². The van der Waals surface area contributed by atoms with E-state index in [9.17, 15) is 10.4 Å². The van der Waals surface area contributed by atoms with Gasteiger partial charge in [0.15, 0.2) is 0 Å². The van der Waals surface area contributed by atoms with Gasteiger partial charge in [0.2, 0.25) is 0 Å². The molecule has 0 bridgehead atoms. The number of aliphatic hydroxyl groups is 1. The normalized spacial score (nSPS) is 11.8. The number of nitrogens with zero attached hydrogens (tertiary/aromatic N) is 3. The van der Waals surface area contributed by atoms with Crippen LogP contribution in [0.3, 0.4) is 0 Å². The van der Waals surface area contributed by atoms with E-state index in [1.165, 1.54) is 30.9 Å². The highest BCUT2D eigenvalue weighted by molar-refractivity contribution is 5.71. The van der Waals surface area contributed by atoms with Crippen LogP contribution in [0.4, 0.5) is 4.39 Å². The Labute approximate surface area is 160 Å². The van der Waals surface area contributed by atoms with Crippen molar-refractivity contribution in [2.24, 2.45) is 0 Å². The molecule has 0 radical (unpaired) electrons. The topological polar surface area (TPSA) is 82.9 Å². The van der Waals surface area contributed by atoms with Crippen LogP contribution in [0.15, 0.2) is 77.7 Å². The molecule has 1 N–H and O–H groups in total. The van der Waals surface area contributed by atoms with Crippen LogP contribution in [-0.2, 0) is 0 Å². The largest absolute Gasteiger partial charge is 0.456 e. The molecule has 2 heterocycles. The lowest BCUT2D eigenvalue weighted by Crippen LogP contribution is -2.05. The standard InChI is InChI=1S/C22H14FN3O2/c23-21-17(22(27)16-11-25-13-26-12-16)7-6-15(10-24)20(21)19-9-8-18(28-19)14-4-2-1-3-5-14/h1-9,11-13,22,27H. The third-order valence-electron chi connectivity index (χ3n) is 4.39. The summed E-state index contributed by atoms with van der Waals surface area (Å²) in [4.78, 5) is 7.70. The van der Waals surface area contributed by atoms with Crippen molar-refractivity contribution in [3.8, 4) is 28.7 Å². The number of nitriles is 1. The predicted octanol–water partition coefficient (Wildman–Crippen LogP) is 4.50. The van der Waals surface area contributed by atoms with Gasteiger partial charge < -0.3 is 9.52 Å². The molecule has 1 unspecified atom stereocenters. The van der Waals surface area contributed by atoms with E-state index >= 15 is 4.39 Å². The summed E-state index contributed by atoms with van der Waals surface area (Å²) in [6.45, 7) is 0.